The molecule has 6 heteroatoms. The summed E-state index contributed by atoms with van der Waals surface area (Å²) < 4.78 is 22.7. The van der Waals surface area contributed by atoms with Crippen LogP contribution in [0.4, 0.5) is 0 Å². The standard InChI is InChI=1S/C34H30O6/c1-3-24(21-39-29-16-17-30(23(2)20-29)40-22-33(35)36)34(27-12-8-25(9-13-27)31-6-4-18-37-31)28-14-10-26(11-15-28)32-7-5-19-38-32/h4-20H,3,21-22H2,1-2H3,(H,35,36). The van der Waals surface area contributed by atoms with Crippen LogP contribution in [-0.2, 0) is 4.79 Å². The molecule has 2 aromatic heterocycles. The second-order valence-electron chi connectivity index (χ2n) is 9.34. The fourth-order valence-corrected chi connectivity index (χ4v) is 4.60. The maximum absolute atomic E-state index is 10.9. The van der Waals surface area contributed by atoms with E-state index >= 15 is 0 Å². The number of hydrogen-bond acceptors (Lipinski definition) is 5. The summed E-state index contributed by atoms with van der Waals surface area (Å²) in [5.41, 5.74) is 7.23. The van der Waals surface area contributed by atoms with Crippen LogP contribution in [0, 0.1) is 6.92 Å². The van der Waals surface area contributed by atoms with Crippen molar-refractivity contribution in [2.24, 2.45) is 0 Å². The first-order valence-electron chi connectivity index (χ1n) is 13.1. The largest absolute Gasteiger partial charge is 0.489 e. The molecule has 0 spiro atoms. The molecule has 1 N–H and O–H groups in total. The highest BCUT2D eigenvalue weighted by molar-refractivity contribution is 5.84. The van der Waals surface area contributed by atoms with Gasteiger partial charge in [0.2, 0.25) is 0 Å². The van der Waals surface area contributed by atoms with Crippen molar-refractivity contribution in [1.29, 1.82) is 0 Å². The van der Waals surface area contributed by atoms with Crippen LogP contribution in [-0.4, -0.2) is 24.3 Å². The molecule has 40 heavy (non-hydrogen) atoms. The summed E-state index contributed by atoms with van der Waals surface area (Å²) in [5, 5.41) is 8.89. The number of rotatable bonds is 11. The number of carboxylic acids is 1. The molecule has 0 radical (unpaired) electrons. The summed E-state index contributed by atoms with van der Waals surface area (Å²) in [4.78, 5) is 10.9. The molecule has 5 rings (SSSR count). The van der Waals surface area contributed by atoms with Gasteiger partial charge in [0.1, 0.15) is 29.6 Å². The second-order valence-corrected chi connectivity index (χ2v) is 9.34. The van der Waals surface area contributed by atoms with Crippen LogP contribution in [0.25, 0.3) is 28.2 Å². The van der Waals surface area contributed by atoms with Gasteiger partial charge < -0.3 is 23.4 Å². The van der Waals surface area contributed by atoms with Gasteiger partial charge in [0.05, 0.1) is 12.5 Å². The number of benzene rings is 3. The van der Waals surface area contributed by atoms with E-state index in [0.29, 0.717) is 18.1 Å². The Bertz CT molecular complexity index is 1500. The van der Waals surface area contributed by atoms with Gasteiger partial charge in [0, 0.05) is 11.1 Å². The number of aryl methyl sites for hydroxylation is 1. The predicted octanol–water partition coefficient (Wildman–Crippen LogP) is 8.27. The van der Waals surface area contributed by atoms with Gasteiger partial charge in [0.25, 0.3) is 0 Å². The van der Waals surface area contributed by atoms with Crippen molar-refractivity contribution in [3.8, 4) is 34.1 Å². The zero-order chi connectivity index (χ0) is 27.9. The number of aliphatic carboxylic acids is 1. The molecule has 3 aromatic carbocycles. The number of ether oxygens (including phenoxy) is 2. The first kappa shape index (κ1) is 26.6. The van der Waals surface area contributed by atoms with Gasteiger partial charge in [-0.15, -0.1) is 0 Å². The monoisotopic (exact) mass is 534 g/mol. The Labute approximate surface area is 233 Å². The molecular formula is C34H30O6. The van der Waals surface area contributed by atoms with Crippen molar-refractivity contribution in [2.45, 2.75) is 20.3 Å². The van der Waals surface area contributed by atoms with Crippen molar-refractivity contribution in [1.82, 2.24) is 0 Å². The molecular weight excluding hydrogens is 504 g/mol. The van der Waals surface area contributed by atoms with Gasteiger partial charge in [-0.2, -0.15) is 0 Å². The SMILES string of the molecule is CCC(COc1ccc(OCC(=O)O)c(C)c1)=C(c1ccc(-c2ccco2)cc1)c1ccc(-c2ccco2)cc1. The van der Waals surface area contributed by atoms with Crippen LogP contribution in [0.1, 0.15) is 30.0 Å². The predicted molar refractivity (Wildman–Crippen MR) is 154 cm³/mol. The molecule has 2 heterocycles. The van der Waals surface area contributed by atoms with Crippen molar-refractivity contribution in [2.75, 3.05) is 13.2 Å². The molecule has 0 aliphatic heterocycles. The lowest BCUT2D eigenvalue weighted by molar-refractivity contribution is -0.139. The van der Waals surface area contributed by atoms with Crippen molar-refractivity contribution >= 4 is 11.5 Å². The molecule has 0 aliphatic carbocycles. The van der Waals surface area contributed by atoms with Crippen LogP contribution >= 0.6 is 0 Å². The van der Waals surface area contributed by atoms with Crippen molar-refractivity contribution in [3.05, 3.63) is 126 Å². The third-order valence-electron chi connectivity index (χ3n) is 6.65. The Balaban J connectivity index is 1.46. The second kappa shape index (κ2) is 12.3. The smallest absolute Gasteiger partial charge is 0.341 e. The van der Waals surface area contributed by atoms with Gasteiger partial charge in [-0.1, -0.05) is 55.5 Å². The molecule has 0 saturated heterocycles. The molecule has 0 aliphatic rings. The molecule has 0 amide bonds. The Hall–Kier alpha value is -4.97. The molecule has 0 bridgehead atoms. The third kappa shape index (κ3) is 6.18. The zero-order valence-electron chi connectivity index (χ0n) is 22.4. The van der Waals surface area contributed by atoms with E-state index in [2.05, 4.69) is 55.5 Å². The fraction of sp³-hybridized carbons (Fsp3) is 0.147. The van der Waals surface area contributed by atoms with E-state index in [0.717, 1.165) is 56.9 Å². The van der Waals surface area contributed by atoms with E-state index in [1.54, 1.807) is 24.7 Å². The van der Waals surface area contributed by atoms with E-state index in [4.69, 9.17) is 23.4 Å². The minimum atomic E-state index is -1.01. The molecule has 0 atom stereocenters. The molecule has 6 nitrogen and oxygen atoms in total. The highest BCUT2D eigenvalue weighted by atomic mass is 16.5. The molecule has 5 aromatic rings. The number of carboxylic acid groups (broad SMARTS) is 1. The molecule has 0 saturated carbocycles. The van der Waals surface area contributed by atoms with E-state index in [9.17, 15) is 4.79 Å². The quantitative estimate of drug-likeness (QED) is 0.184. The maximum Gasteiger partial charge on any atom is 0.341 e. The maximum atomic E-state index is 10.9. The van der Waals surface area contributed by atoms with Gasteiger partial charge in [-0.05, 0) is 83.6 Å². The first-order chi connectivity index (χ1) is 19.5. The Morgan fingerprint density at radius 3 is 1.77 bits per heavy atom. The van der Waals surface area contributed by atoms with Crippen LogP contribution in [0.3, 0.4) is 0 Å². The van der Waals surface area contributed by atoms with Crippen LogP contribution < -0.4 is 9.47 Å². The van der Waals surface area contributed by atoms with Crippen LogP contribution in [0.5, 0.6) is 11.5 Å². The summed E-state index contributed by atoms with van der Waals surface area (Å²) >= 11 is 0. The van der Waals surface area contributed by atoms with Gasteiger partial charge >= 0.3 is 5.97 Å². The number of furan rings is 2. The van der Waals surface area contributed by atoms with Crippen molar-refractivity contribution in [3.63, 3.8) is 0 Å². The minimum Gasteiger partial charge on any atom is -0.489 e. The lowest BCUT2D eigenvalue weighted by Gasteiger charge is -2.18. The van der Waals surface area contributed by atoms with Crippen LogP contribution in [0.15, 0.2) is 118 Å². The average molecular weight is 535 g/mol. The third-order valence-corrected chi connectivity index (χ3v) is 6.65. The van der Waals surface area contributed by atoms with Gasteiger partial charge in [0.15, 0.2) is 6.61 Å². The Kier molecular flexibility index (Phi) is 8.16. The fourth-order valence-electron chi connectivity index (χ4n) is 4.60. The Morgan fingerprint density at radius 1 is 0.750 bits per heavy atom. The van der Waals surface area contributed by atoms with Gasteiger partial charge in [-0.25, -0.2) is 4.79 Å². The highest BCUT2D eigenvalue weighted by Gasteiger charge is 2.14. The van der Waals surface area contributed by atoms with E-state index < -0.39 is 5.97 Å². The number of hydrogen-bond donors (Lipinski definition) is 1. The number of carbonyl (C=O) groups is 1. The normalized spacial score (nSPS) is 10.8. The van der Waals surface area contributed by atoms with Crippen molar-refractivity contribution < 1.29 is 28.2 Å². The lowest BCUT2D eigenvalue weighted by Crippen LogP contribution is -2.10. The first-order valence-corrected chi connectivity index (χ1v) is 13.1. The van der Waals surface area contributed by atoms with E-state index in [1.165, 1.54) is 0 Å². The molecule has 0 fully saturated rings. The van der Waals surface area contributed by atoms with Crippen LogP contribution in [0.2, 0.25) is 0 Å². The zero-order valence-corrected chi connectivity index (χ0v) is 22.4. The topological polar surface area (TPSA) is 82.0 Å². The summed E-state index contributed by atoms with van der Waals surface area (Å²) in [7, 11) is 0. The summed E-state index contributed by atoms with van der Waals surface area (Å²) in [6, 6.07) is 29.8. The van der Waals surface area contributed by atoms with E-state index in [-0.39, 0.29) is 6.61 Å². The van der Waals surface area contributed by atoms with Gasteiger partial charge in [-0.3, -0.25) is 0 Å². The summed E-state index contributed by atoms with van der Waals surface area (Å²) in [6.07, 6.45) is 4.14. The summed E-state index contributed by atoms with van der Waals surface area (Å²) in [5.74, 6) is 1.84. The Morgan fingerprint density at radius 2 is 1.32 bits per heavy atom. The lowest BCUT2D eigenvalue weighted by atomic mass is 9.90. The molecule has 202 valence electrons. The molecule has 0 unspecified atom stereocenters. The average Bonchev–Trinajstić information content (AvgIpc) is 3.71. The minimum absolute atomic E-state index is 0.384. The highest BCUT2D eigenvalue weighted by Crippen LogP contribution is 2.33. The summed E-state index contributed by atoms with van der Waals surface area (Å²) in [6.45, 7) is 4.00. The van der Waals surface area contributed by atoms with E-state index in [1.807, 2.05) is 37.3 Å².